The Bertz CT molecular complexity index is 233. The highest BCUT2D eigenvalue weighted by atomic mass is 16.5. The molecule has 1 rings (SSSR count). The molecular weight excluding hydrogens is 156 g/mol. The molecule has 12 heavy (non-hydrogen) atoms. The van der Waals surface area contributed by atoms with Crippen LogP contribution in [0.4, 0.5) is 0 Å². The van der Waals surface area contributed by atoms with Gasteiger partial charge in [0, 0.05) is 19.7 Å². The third kappa shape index (κ3) is 2.75. The number of carbonyl (C=O) groups excluding carboxylic acids is 1. The standard InChI is InChI=1S/C8H12N2O2/c1-7(11)9-6-8-2-4-10(12)5-3-8/h2-4,12H,5-6H2,1H3,(H,9,11). The summed E-state index contributed by atoms with van der Waals surface area (Å²) in [6.07, 6.45) is 5.19. The van der Waals surface area contributed by atoms with Crippen molar-refractivity contribution in [2.75, 3.05) is 13.1 Å². The van der Waals surface area contributed by atoms with Crippen LogP contribution < -0.4 is 5.32 Å². The number of amides is 1. The Balaban J connectivity index is 2.35. The van der Waals surface area contributed by atoms with Crippen LogP contribution in [0, 0.1) is 0 Å². The zero-order valence-electron chi connectivity index (χ0n) is 6.95. The van der Waals surface area contributed by atoms with E-state index < -0.39 is 0 Å². The van der Waals surface area contributed by atoms with Gasteiger partial charge < -0.3 is 5.32 Å². The van der Waals surface area contributed by atoms with Gasteiger partial charge in [-0.2, -0.15) is 0 Å². The largest absolute Gasteiger partial charge is 0.352 e. The van der Waals surface area contributed by atoms with Gasteiger partial charge in [0.2, 0.25) is 5.91 Å². The smallest absolute Gasteiger partial charge is 0.217 e. The normalized spacial score (nSPS) is 15.8. The molecule has 1 aliphatic rings. The van der Waals surface area contributed by atoms with E-state index in [2.05, 4.69) is 5.32 Å². The third-order valence-corrected chi connectivity index (χ3v) is 1.54. The van der Waals surface area contributed by atoms with Crippen molar-refractivity contribution in [2.45, 2.75) is 6.92 Å². The quantitative estimate of drug-likeness (QED) is 0.622. The number of nitrogens with zero attached hydrogens (tertiary/aromatic N) is 1. The van der Waals surface area contributed by atoms with Gasteiger partial charge in [-0.05, 0) is 11.6 Å². The van der Waals surface area contributed by atoms with E-state index >= 15 is 0 Å². The molecule has 1 amide bonds. The highest BCUT2D eigenvalue weighted by Crippen LogP contribution is 2.03. The van der Waals surface area contributed by atoms with Crippen molar-refractivity contribution in [1.82, 2.24) is 10.4 Å². The number of hydrogen-bond acceptors (Lipinski definition) is 3. The number of hydrogen-bond donors (Lipinski definition) is 2. The van der Waals surface area contributed by atoms with Gasteiger partial charge in [-0.3, -0.25) is 15.1 Å². The molecule has 4 heteroatoms. The van der Waals surface area contributed by atoms with Crippen molar-refractivity contribution >= 4 is 5.91 Å². The fourth-order valence-electron chi connectivity index (χ4n) is 0.879. The average molecular weight is 168 g/mol. The summed E-state index contributed by atoms with van der Waals surface area (Å²) in [5.74, 6) is -0.0456. The maximum atomic E-state index is 10.5. The van der Waals surface area contributed by atoms with E-state index in [0.29, 0.717) is 13.1 Å². The summed E-state index contributed by atoms with van der Waals surface area (Å²) in [5.41, 5.74) is 1.01. The monoisotopic (exact) mass is 168 g/mol. The van der Waals surface area contributed by atoms with Crippen LogP contribution >= 0.6 is 0 Å². The van der Waals surface area contributed by atoms with Gasteiger partial charge in [0.15, 0.2) is 0 Å². The minimum atomic E-state index is -0.0456. The Morgan fingerprint density at radius 2 is 2.58 bits per heavy atom. The molecule has 0 aliphatic carbocycles. The summed E-state index contributed by atoms with van der Waals surface area (Å²) in [5, 5.41) is 12.7. The molecule has 0 saturated carbocycles. The van der Waals surface area contributed by atoms with Gasteiger partial charge in [-0.25, -0.2) is 0 Å². The van der Waals surface area contributed by atoms with Crippen molar-refractivity contribution in [3.63, 3.8) is 0 Å². The predicted molar refractivity (Wildman–Crippen MR) is 44.4 cm³/mol. The molecule has 0 radical (unpaired) electrons. The Morgan fingerprint density at radius 1 is 1.83 bits per heavy atom. The summed E-state index contributed by atoms with van der Waals surface area (Å²) >= 11 is 0. The Morgan fingerprint density at radius 3 is 3.08 bits per heavy atom. The third-order valence-electron chi connectivity index (χ3n) is 1.54. The van der Waals surface area contributed by atoms with Crippen LogP contribution in [0.15, 0.2) is 23.9 Å². The van der Waals surface area contributed by atoms with E-state index in [0.717, 1.165) is 10.6 Å². The maximum absolute atomic E-state index is 10.5. The lowest BCUT2D eigenvalue weighted by Gasteiger charge is -2.15. The SMILES string of the molecule is CC(=O)NCC1=CCN(O)C=C1. The van der Waals surface area contributed by atoms with E-state index in [9.17, 15) is 4.79 Å². The highest BCUT2D eigenvalue weighted by molar-refractivity contribution is 5.73. The van der Waals surface area contributed by atoms with E-state index in [-0.39, 0.29) is 5.91 Å². The van der Waals surface area contributed by atoms with Crippen LogP contribution in [0.25, 0.3) is 0 Å². The summed E-state index contributed by atoms with van der Waals surface area (Å²) in [6, 6.07) is 0. The van der Waals surface area contributed by atoms with E-state index in [1.807, 2.05) is 6.08 Å². The van der Waals surface area contributed by atoms with Gasteiger partial charge in [-0.15, -0.1) is 0 Å². The zero-order valence-corrected chi connectivity index (χ0v) is 6.95. The molecule has 0 saturated heterocycles. The second-order valence-corrected chi connectivity index (χ2v) is 2.63. The lowest BCUT2D eigenvalue weighted by Crippen LogP contribution is -2.24. The molecule has 0 spiro atoms. The first-order valence-corrected chi connectivity index (χ1v) is 3.75. The molecular formula is C8H12N2O2. The number of rotatable bonds is 2. The van der Waals surface area contributed by atoms with Crippen LogP contribution in [0.3, 0.4) is 0 Å². The van der Waals surface area contributed by atoms with Crippen molar-refractivity contribution in [3.05, 3.63) is 23.9 Å². The molecule has 4 nitrogen and oxygen atoms in total. The van der Waals surface area contributed by atoms with E-state index in [1.165, 1.54) is 6.92 Å². The molecule has 0 aromatic rings. The Hall–Kier alpha value is -1.29. The topological polar surface area (TPSA) is 52.6 Å². The summed E-state index contributed by atoms with van der Waals surface area (Å²) in [4.78, 5) is 10.5. The second-order valence-electron chi connectivity index (χ2n) is 2.63. The predicted octanol–water partition coefficient (Wildman–Crippen LogP) is 0.267. The van der Waals surface area contributed by atoms with Gasteiger partial charge in [-0.1, -0.05) is 6.08 Å². The van der Waals surface area contributed by atoms with E-state index in [1.54, 1.807) is 12.3 Å². The number of nitrogens with one attached hydrogen (secondary N) is 1. The first kappa shape index (κ1) is 8.80. The first-order chi connectivity index (χ1) is 5.68. The summed E-state index contributed by atoms with van der Waals surface area (Å²) in [7, 11) is 0. The fourth-order valence-corrected chi connectivity index (χ4v) is 0.879. The number of hydroxylamine groups is 2. The molecule has 0 aromatic carbocycles. The fraction of sp³-hybridized carbons (Fsp3) is 0.375. The maximum Gasteiger partial charge on any atom is 0.217 e. The van der Waals surface area contributed by atoms with Crippen LogP contribution in [-0.2, 0) is 4.79 Å². The number of carbonyl (C=O) groups is 1. The highest BCUT2D eigenvalue weighted by Gasteiger charge is 2.01. The van der Waals surface area contributed by atoms with Crippen molar-refractivity contribution < 1.29 is 10.0 Å². The van der Waals surface area contributed by atoms with Crippen LogP contribution in [0.5, 0.6) is 0 Å². The second kappa shape index (κ2) is 3.92. The molecule has 0 unspecified atom stereocenters. The summed E-state index contributed by atoms with van der Waals surface area (Å²) in [6.45, 7) is 2.48. The van der Waals surface area contributed by atoms with Crippen LogP contribution in [0.1, 0.15) is 6.92 Å². The van der Waals surface area contributed by atoms with Gasteiger partial charge in [0.05, 0.1) is 6.54 Å². The minimum Gasteiger partial charge on any atom is -0.352 e. The molecule has 1 heterocycles. The van der Waals surface area contributed by atoms with Gasteiger partial charge >= 0.3 is 0 Å². The molecule has 1 aliphatic heterocycles. The average Bonchev–Trinajstić information content (AvgIpc) is 2.03. The van der Waals surface area contributed by atoms with Crippen LogP contribution in [0.2, 0.25) is 0 Å². The lowest BCUT2D eigenvalue weighted by atomic mass is 10.2. The molecule has 0 aromatic heterocycles. The molecule has 0 fully saturated rings. The molecule has 2 N–H and O–H groups in total. The van der Waals surface area contributed by atoms with Gasteiger partial charge in [0.25, 0.3) is 0 Å². The zero-order chi connectivity index (χ0) is 8.97. The summed E-state index contributed by atoms with van der Waals surface area (Å²) < 4.78 is 0. The molecule has 0 bridgehead atoms. The molecule has 66 valence electrons. The van der Waals surface area contributed by atoms with E-state index in [4.69, 9.17) is 5.21 Å². The minimum absolute atomic E-state index is 0.0456. The Kier molecular flexibility index (Phi) is 2.88. The lowest BCUT2D eigenvalue weighted by molar-refractivity contribution is -0.118. The van der Waals surface area contributed by atoms with Crippen LogP contribution in [-0.4, -0.2) is 29.3 Å². The van der Waals surface area contributed by atoms with Crippen molar-refractivity contribution in [3.8, 4) is 0 Å². The molecule has 0 atom stereocenters. The van der Waals surface area contributed by atoms with Gasteiger partial charge in [0.1, 0.15) is 0 Å². The van der Waals surface area contributed by atoms with Crippen molar-refractivity contribution in [1.29, 1.82) is 0 Å². The van der Waals surface area contributed by atoms with Crippen molar-refractivity contribution in [2.24, 2.45) is 0 Å². The Labute approximate surface area is 71.1 Å². The first-order valence-electron chi connectivity index (χ1n) is 3.75.